The van der Waals surface area contributed by atoms with Crippen LogP contribution in [-0.4, -0.2) is 17.1 Å². The second kappa shape index (κ2) is 5.65. The first kappa shape index (κ1) is 13.2. The van der Waals surface area contributed by atoms with Crippen LogP contribution in [-0.2, 0) is 11.2 Å². The van der Waals surface area contributed by atoms with Crippen LogP contribution in [0, 0.1) is 5.92 Å². The Bertz CT molecular complexity index is 605. The molecule has 0 aliphatic heterocycles. The smallest absolute Gasteiger partial charge is 0.226 e. The molecule has 1 aliphatic carbocycles. The summed E-state index contributed by atoms with van der Waals surface area (Å²) in [5.74, 6) is 0.615. The van der Waals surface area contributed by atoms with Gasteiger partial charge in [-0.3, -0.25) is 4.79 Å². The first-order chi connectivity index (χ1) is 9.74. The van der Waals surface area contributed by atoms with Gasteiger partial charge in [-0.15, -0.1) is 0 Å². The van der Waals surface area contributed by atoms with Gasteiger partial charge in [0.25, 0.3) is 0 Å². The van der Waals surface area contributed by atoms with Crippen LogP contribution in [0.15, 0.2) is 28.8 Å². The number of carbonyl (C=O) groups is 1. The lowest BCUT2D eigenvalue weighted by atomic mass is 9.86. The highest BCUT2D eigenvalue weighted by Gasteiger charge is 2.23. The van der Waals surface area contributed by atoms with Gasteiger partial charge in [0.1, 0.15) is 5.69 Å². The monoisotopic (exact) mass is 272 g/mol. The lowest BCUT2D eigenvalue weighted by Gasteiger charge is -2.29. The van der Waals surface area contributed by atoms with Crippen molar-refractivity contribution in [1.29, 1.82) is 0 Å². The van der Waals surface area contributed by atoms with Crippen molar-refractivity contribution in [2.24, 2.45) is 5.92 Å². The van der Waals surface area contributed by atoms with E-state index in [0.717, 1.165) is 23.1 Å². The largest absolute Gasteiger partial charge is 0.356 e. The molecule has 1 aliphatic rings. The Labute approximate surface area is 118 Å². The molecule has 0 saturated heterocycles. The fraction of sp³-hybridized carbons (Fsp3) is 0.500. The Morgan fingerprint density at radius 2 is 2.15 bits per heavy atom. The maximum Gasteiger partial charge on any atom is 0.226 e. The highest BCUT2D eigenvalue weighted by atomic mass is 16.5. The van der Waals surface area contributed by atoms with Crippen LogP contribution >= 0.6 is 0 Å². The van der Waals surface area contributed by atoms with Crippen LogP contribution < -0.4 is 5.32 Å². The van der Waals surface area contributed by atoms with Gasteiger partial charge in [-0.1, -0.05) is 37.1 Å². The molecule has 1 amide bonds. The molecule has 1 N–H and O–H groups in total. The molecule has 0 unspecified atom stereocenters. The molecule has 0 bridgehead atoms. The number of para-hydroxylation sites is 1. The molecule has 0 spiro atoms. The lowest BCUT2D eigenvalue weighted by molar-refractivity contribution is -0.121. The molecular formula is C16H20N2O2. The Morgan fingerprint density at radius 3 is 3.00 bits per heavy atom. The van der Waals surface area contributed by atoms with Crippen molar-refractivity contribution in [2.75, 3.05) is 0 Å². The van der Waals surface area contributed by atoms with Gasteiger partial charge in [-0.2, -0.15) is 0 Å². The van der Waals surface area contributed by atoms with E-state index in [0.29, 0.717) is 18.4 Å². The maximum absolute atomic E-state index is 12.2. The minimum atomic E-state index is 0.0443. The summed E-state index contributed by atoms with van der Waals surface area (Å²) < 4.78 is 5.23. The number of nitrogens with one attached hydrogen (secondary N) is 1. The number of aromatic nitrogens is 1. The summed E-state index contributed by atoms with van der Waals surface area (Å²) in [6, 6.07) is 7.96. The summed E-state index contributed by atoms with van der Waals surface area (Å²) in [5.41, 5.74) is 1.46. The summed E-state index contributed by atoms with van der Waals surface area (Å²) in [7, 11) is 0. The van der Waals surface area contributed by atoms with Crippen molar-refractivity contribution in [2.45, 2.75) is 45.1 Å². The standard InChI is InChI=1S/C16H20N2O2/c1-11-6-2-4-8-13(11)17-16(19)10-14-12-7-3-5-9-15(12)20-18-14/h3,5,7,9,11,13H,2,4,6,8,10H2,1H3,(H,17,19)/t11-,13-/m0/s1. The number of amides is 1. The van der Waals surface area contributed by atoms with E-state index < -0.39 is 0 Å². The molecule has 2 atom stereocenters. The zero-order chi connectivity index (χ0) is 13.9. The number of hydrogen-bond donors (Lipinski definition) is 1. The average Bonchev–Trinajstić information content (AvgIpc) is 2.85. The Hall–Kier alpha value is -1.84. The van der Waals surface area contributed by atoms with Crippen LogP contribution in [0.2, 0.25) is 0 Å². The predicted octanol–water partition coefficient (Wildman–Crippen LogP) is 3.07. The molecule has 4 nitrogen and oxygen atoms in total. The molecule has 106 valence electrons. The number of benzene rings is 1. The molecule has 1 aromatic carbocycles. The second-order valence-electron chi connectivity index (χ2n) is 5.74. The Balaban J connectivity index is 1.66. The third-order valence-corrected chi connectivity index (χ3v) is 4.24. The number of carbonyl (C=O) groups excluding carboxylic acids is 1. The number of rotatable bonds is 3. The normalized spacial score (nSPS) is 22.9. The topological polar surface area (TPSA) is 55.1 Å². The van der Waals surface area contributed by atoms with E-state index >= 15 is 0 Å². The van der Waals surface area contributed by atoms with Gasteiger partial charge >= 0.3 is 0 Å². The zero-order valence-electron chi connectivity index (χ0n) is 11.8. The van der Waals surface area contributed by atoms with Crippen LogP contribution in [0.3, 0.4) is 0 Å². The Kier molecular flexibility index (Phi) is 3.72. The third kappa shape index (κ3) is 2.69. The van der Waals surface area contributed by atoms with Crippen LogP contribution in [0.5, 0.6) is 0 Å². The van der Waals surface area contributed by atoms with E-state index in [1.807, 2.05) is 24.3 Å². The molecule has 1 heterocycles. The van der Waals surface area contributed by atoms with E-state index in [4.69, 9.17) is 4.52 Å². The van der Waals surface area contributed by atoms with Crippen LogP contribution in [0.4, 0.5) is 0 Å². The maximum atomic E-state index is 12.2. The fourth-order valence-electron chi connectivity index (χ4n) is 3.01. The van der Waals surface area contributed by atoms with Crippen molar-refractivity contribution in [3.63, 3.8) is 0 Å². The lowest BCUT2D eigenvalue weighted by Crippen LogP contribution is -2.41. The quantitative estimate of drug-likeness (QED) is 0.934. The third-order valence-electron chi connectivity index (χ3n) is 4.24. The van der Waals surface area contributed by atoms with Gasteiger partial charge in [-0.25, -0.2) is 0 Å². The summed E-state index contributed by atoms with van der Waals surface area (Å²) in [6.45, 7) is 2.22. The minimum Gasteiger partial charge on any atom is -0.356 e. The van der Waals surface area contributed by atoms with Gasteiger partial charge in [0.15, 0.2) is 5.58 Å². The van der Waals surface area contributed by atoms with E-state index in [2.05, 4.69) is 17.4 Å². The fourth-order valence-corrected chi connectivity index (χ4v) is 3.01. The zero-order valence-corrected chi connectivity index (χ0v) is 11.8. The minimum absolute atomic E-state index is 0.0443. The SMILES string of the molecule is C[C@H]1CCCC[C@@H]1NC(=O)Cc1noc2ccccc12. The van der Waals surface area contributed by atoms with Crippen LogP contribution in [0.25, 0.3) is 11.0 Å². The first-order valence-electron chi connectivity index (χ1n) is 7.36. The van der Waals surface area contributed by atoms with Gasteiger partial charge in [0, 0.05) is 11.4 Å². The highest BCUT2D eigenvalue weighted by molar-refractivity contribution is 5.86. The first-order valence-corrected chi connectivity index (χ1v) is 7.36. The summed E-state index contributed by atoms with van der Waals surface area (Å²) in [4.78, 5) is 12.2. The molecule has 20 heavy (non-hydrogen) atoms. The molecule has 4 heteroatoms. The van der Waals surface area contributed by atoms with Crippen molar-refractivity contribution < 1.29 is 9.32 Å². The number of hydrogen-bond acceptors (Lipinski definition) is 3. The van der Waals surface area contributed by atoms with E-state index in [1.165, 1.54) is 19.3 Å². The molecular weight excluding hydrogens is 252 g/mol. The summed E-state index contributed by atoms with van der Waals surface area (Å²) >= 11 is 0. The van der Waals surface area contributed by atoms with Crippen molar-refractivity contribution in [1.82, 2.24) is 10.5 Å². The van der Waals surface area contributed by atoms with E-state index in [9.17, 15) is 4.79 Å². The summed E-state index contributed by atoms with van der Waals surface area (Å²) in [5, 5.41) is 8.09. The van der Waals surface area contributed by atoms with Crippen LogP contribution in [0.1, 0.15) is 38.3 Å². The van der Waals surface area contributed by atoms with Gasteiger partial charge in [-0.05, 0) is 30.9 Å². The number of nitrogens with zero attached hydrogens (tertiary/aromatic N) is 1. The highest BCUT2D eigenvalue weighted by Crippen LogP contribution is 2.24. The van der Waals surface area contributed by atoms with Gasteiger partial charge in [0.2, 0.25) is 5.91 Å². The van der Waals surface area contributed by atoms with E-state index in [1.54, 1.807) is 0 Å². The van der Waals surface area contributed by atoms with Crippen molar-refractivity contribution in [3.05, 3.63) is 30.0 Å². The van der Waals surface area contributed by atoms with Crippen molar-refractivity contribution in [3.8, 4) is 0 Å². The summed E-state index contributed by atoms with van der Waals surface area (Å²) in [6.07, 6.45) is 5.08. The van der Waals surface area contributed by atoms with Gasteiger partial charge < -0.3 is 9.84 Å². The molecule has 0 radical (unpaired) electrons. The molecule has 1 saturated carbocycles. The molecule has 1 fully saturated rings. The number of fused-ring (bicyclic) bond motifs is 1. The van der Waals surface area contributed by atoms with Gasteiger partial charge in [0.05, 0.1) is 6.42 Å². The average molecular weight is 272 g/mol. The Morgan fingerprint density at radius 1 is 1.35 bits per heavy atom. The molecule has 1 aromatic heterocycles. The molecule has 3 rings (SSSR count). The van der Waals surface area contributed by atoms with Crippen molar-refractivity contribution >= 4 is 16.9 Å². The molecule has 2 aromatic rings. The second-order valence-corrected chi connectivity index (χ2v) is 5.74. The predicted molar refractivity (Wildman–Crippen MR) is 77.3 cm³/mol. The van der Waals surface area contributed by atoms with E-state index in [-0.39, 0.29) is 5.91 Å².